The van der Waals surface area contributed by atoms with Crippen molar-refractivity contribution in [3.05, 3.63) is 149 Å². The van der Waals surface area contributed by atoms with E-state index in [1.165, 1.54) is 22.3 Å². The summed E-state index contributed by atoms with van der Waals surface area (Å²) in [6.45, 7) is 4.60. The van der Waals surface area contributed by atoms with Crippen LogP contribution in [0.25, 0.3) is 11.1 Å². The smallest absolute Gasteiger partial charge is 0.127 e. The summed E-state index contributed by atoms with van der Waals surface area (Å²) in [5, 5.41) is 3.59. The fourth-order valence-electron chi connectivity index (χ4n) is 5.14. The molecule has 0 aliphatic carbocycles. The molecular formula is C37H35NO3. The number of ether oxygens (including phenoxy) is 3. The van der Waals surface area contributed by atoms with Crippen LogP contribution in [0.15, 0.2) is 121 Å². The summed E-state index contributed by atoms with van der Waals surface area (Å²) in [4.78, 5) is 0. The third kappa shape index (κ3) is 6.97. The van der Waals surface area contributed by atoms with E-state index in [4.69, 9.17) is 14.2 Å². The van der Waals surface area contributed by atoms with Gasteiger partial charge in [0.25, 0.3) is 0 Å². The third-order valence-corrected chi connectivity index (χ3v) is 7.35. The minimum Gasteiger partial charge on any atom is -0.490 e. The topological polar surface area (TPSA) is 39.7 Å². The van der Waals surface area contributed by atoms with Crippen molar-refractivity contribution >= 4 is 0 Å². The molecular weight excluding hydrogens is 506 g/mol. The first kappa shape index (κ1) is 26.7. The van der Waals surface area contributed by atoms with Crippen LogP contribution in [-0.4, -0.2) is 6.10 Å². The zero-order chi connectivity index (χ0) is 27.9. The molecule has 41 heavy (non-hydrogen) atoms. The number of hydrogen-bond donors (Lipinski definition) is 1. The number of fused-ring (bicyclic) bond motifs is 1. The lowest BCUT2D eigenvalue weighted by Gasteiger charge is -2.15. The van der Waals surface area contributed by atoms with Gasteiger partial charge in [0, 0.05) is 31.1 Å². The molecule has 0 amide bonds. The predicted octanol–water partition coefficient (Wildman–Crippen LogP) is 8.12. The molecule has 5 aromatic rings. The van der Waals surface area contributed by atoms with Gasteiger partial charge in [0.1, 0.15) is 36.6 Å². The molecule has 0 saturated heterocycles. The second-order valence-corrected chi connectivity index (χ2v) is 10.6. The Bertz CT molecular complexity index is 1570. The van der Waals surface area contributed by atoms with E-state index in [9.17, 15) is 0 Å². The summed E-state index contributed by atoms with van der Waals surface area (Å²) in [7, 11) is 0. The van der Waals surface area contributed by atoms with E-state index >= 15 is 0 Å². The molecule has 6 rings (SSSR count). The second-order valence-electron chi connectivity index (χ2n) is 10.6. The van der Waals surface area contributed by atoms with Crippen LogP contribution < -0.4 is 19.5 Å². The zero-order valence-corrected chi connectivity index (χ0v) is 23.4. The van der Waals surface area contributed by atoms with Gasteiger partial charge in [-0.1, -0.05) is 97.1 Å². The van der Waals surface area contributed by atoms with Crippen molar-refractivity contribution in [2.45, 2.75) is 45.8 Å². The molecule has 5 aromatic carbocycles. The van der Waals surface area contributed by atoms with Gasteiger partial charge >= 0.3 is 0 Å². The molecule has 1 unspecified atom stereocenters. The summed E-state index contributed by atoms with van der Waals surface area (Å²) in [5.74, 6) is 2.64. The lowest BCUT2D eigenvalue weighted by atomic mass is 10.00. The van der Waals surface area contributed by atoms with Crippen molar-refractivity contribution in [3.8, 4) is 28.4 Å². The van der Waals surface area contributed by atoms with E-state index in [1.54, 1.807) is 0 Å². The van der Waals surface area contributed by atoms with E-state index in [2.05, 4.69) is 85.0 Å². The monoisotopic (exact) mass is 541 g/mol. The van der Waals surface area contributed by atoms with Gasteiger partial charge in [-0.25, -0.2) is 0 Å². The van der Waals surface area contributed by atoms with Crippen molar-refractivity contribution in [3.63, 3.8) is 0 Å². The van der Waals surface area contributed by atoms with Crippen LogP contribution in [-0.2, 0) is 32.7 Å². The molecule has 1 N–H and O–H groups in total. The summed E-state index contributed by atoms with van der Waals surface area (Å²) in [5.41, 5.74) is 8.35. The zero-order valence-electron chi connectivity index (χ0n) is 23.4. The Kier molecular flexibility index (Phi) is 8.30. The molecule has 0 bridgehead atoms. The van der Waals surface area contributed by atoms with Crippen LogP contribution >= 0.6 is 0 Å². The largest absolute Gasteiger partial charge is 0.490 e. The minimum absolute atomic E-state index is 0.260. The van der Waals surface area contributed by atoms with Crippen molar-refractivity contribution in [2.75, 3.05) is 0 Å². The fourth-order valence-corrected chi connectivity index (χ4v) is 5.14. The molecule has 1 aliphatic rings. The lowest BCUT2D eigenvalue weighted by molar-refractivity contribution is 0.254. The van der Waals surface area contributed by atoms with Crippen LogP contribution in [0, 0.1) is 0 Å². The Morgan fingerprint density at radius 1 is 0.659 bits per heavy atom. The quantitative estimate of drug-likeness (QED) is 0.183. The van der Waals surface area contributed by atoms with E-state index < -0.39 is 0 Å². The molecule has 1 atom stereocenters. The van der Waals surface area contributed by atoms with E-state index in [0.29, 0.717) is 19.8 Å². The third-order valence-electron chi connectivity index (χ3n) is 7.35. The molecule has 4 nitrogen and oxygen atoms in total. The highest BCUT2D eigenvalue weighted by Gasteiger charge is 2.19. The average molecular weight is 542 g/mol. The van der Waals surface area contributed by atoms with Crippen LogP contribution in [0.5, 0.6) is 17.2 Å². The maximum atomic E-state index is 6.29. The maximum Gasteiger partial charge on any atom is 0.127 e. The van der Waals surface area contributed by atoms with E-state index in [1.807, 2.05) is 48.5 Å². The van der Waals surface area contributed by atoms with E-state index in [0.717, 1.165) is 46.9 Å². The van der Waals surface area contributed by atoms with Gasteiger partial charge in [0.2, 0.25) is 0 Å². The molecule has 4 heteroatoms. The lowest BCUT2D eigenvalue weighted by Crippen LogP contribution is -2.14. The van der Waals surface area contributed by atoms with Gasteiger partial charge < -0.3 is 19.5 Å². The SMILES string of the molecule is CC1Cc2cc(-c3ccc(CNCc4ccc(OCc5ccccc5)cc4OCc4ccccc4)cc3)ccc2O1. The standard InChI is InChI=1S/C37H35NO3/c1-27-20-34-21-32(17-19-36(34)41-27)31-14-12-28(13-15-31)23-38-24-33-16-18-35(39-25-29-8-4-2-5-9-29)22-37(33)40-26-30-10-6-3-7-11-30/h2-19,21-22,27,38H,20,23-26H2,1H3. The minimum atomic E-state index is 0.260. The number of nitrogens with one attached hydrogen (secondary N) is 1. The first-order valence-corrected chi connectivity index (χ1v) is 14.3. The maximum absolute atomic E-state index is 6.29. The highest BCUT2D eigenvalue weighted by molar-refractivity contribution is 5.66. The Balaban J connectivity index is 1.09. The Hall–Kier alpha value is -4.54. The van der Waals surface area contributed by atoms with Gasteiger partial charge in [0.05, 0.1) is 0 Å². The Labute approximate surface area is 242 Å². The molecule has 0 saturated carbocycles. The van der Waals surface area contributed by atoms with Crippen molar-refractivity contribution in [2.24, 2.45) is 0 Å². The van der Waals surface area contributed by atoms with Crippen molar-refractivity contribution in [1.29, 1.82) is 0 Å². The summed E-state index contributed by atoms with van der Waals surface area (Å²) < 4.78 is 18.2. The fraction of sp³-hybridized carbons (Fsp3) is 0.189. The van der Waals surface area contributed by atoms with Gasteiger partial charge in [-0.3, -0.25) is 0 Å². The molecule has 0 fully saturated rings. The molecule has 1 heterocycles. The Morgan fingerprint density at radius 3 is 2.07 bits per heavy atom. The molecule has 1 aliphatic heterocycles. The van der Waals surface area contributed by atoms with Crippen LogP contribution in [0.2, 0.25) is 0 Å². The van der Waals surface area contributed by atoms with Gasteiger partial charge in [-0.05, 0) is 58.5 Å². The van der Waals surface area contributed by atoms with Gasteiger partial charge in [-0.15, -0.1) is 0 Å². The molecule has 0 aromatic heterocycles. The van der Waals surface area contributed by atoms with Crippen LogP contribution in [0.1, 0.15) is 34.7 Å². The normalized spacial score (nSPS) is 13.8. The first-order valence-electron chi connectivity index (χ1n) is 14.3. The second kappa shape index (κ2) is 12.8. The van der Waals surface area contributed by atoms with E-state index in [-0.39, 0.29) is 6.10 Å². The van der Waals surface area contributed by atoms with Gasteiger partial charge in [-0.2, -0.15) is 0 Å². The highest BCUT2D eigenvalue weighted by atomic mass is 16.5. The average Bonchev–Trinajstić information content (AvgIpc) is 3.40. The summed E-state index contributed by atoms with van der Waals surface area (Å²) in [6, 6.07) is 41.9. The number of benzene rings is 5. The van der Waals surface area contributed by atoms with Crippen molar-refractivity contribution < 1.29 is 14.2 Å². The molecule has 206 valence electrons. The molecule has 0 spiro atoms. The summed E-state index contributed by atoms with van der Waals surface area (Å²) >= 11 is 0. The first-order chi connectivity index (χ1) is 20.2. The van der Waals surface area contributed by atoms with Gasteiger partial charge in [0.15, 0.2) is 0 Å². The van der Waals surface area contributed by atoms with Crippen LogP contribution in [0.3, 0.4) is 0 Å². The number of rotatable bonds is 11. The van der Waals surface area contributed by atoms with Crippen molar-refractivity contribution in [1.82, 2.24) is 5.32 Å². The molecule has 0 radical (unpaired) electrons. The summed E-state index contributed by atoms with van der Waals surface area (Å²) in [6.07, 6.45) is 1.23. The predicted molar refractivity (Wildman–Crippen MR) is 164 cm³/mol. The number of hydrogen-bond acceptors (Lipinski definition) is 4. The Morgan fingerprint density at radius 2 is 1.34 bits per heavy atom. The highest BCUT2D eigenvalue weighted by Crippen LogP contribution is 2.33. The van der Waals surface area contributed by atoms with Crippen LogP contribution in [0.4, 0.5) is 0 Å².